The van der Waals surface area contributed by atoms with Crippen LogP contribution in [0.1, 0.15) is 39.4 Å². The molecule has 3 heteroatoms. The van der Waals surface area contributed by atoms with Gasteiger partial charge in [-0.3, -0.25) is 0 Å². The molecule has 0 fully saturated rings. The molecule has 1 aromatic carbocycles. The molecule has 0 radical (unpaired) electrons. The van der Waals surface area contributed by atoms with Crippen LogP contribution in [0.5, 0.6) is 5.75 Å². The van der Waals surface area contributed by atoms with Crippen molar-refractivity contribution in [1.29, 1.82) is 0 Å². The molecule has 0 aliphatic heterocycles. The molecule has 2 aromatic rings. The Morgan fingerprint density at radius 2 is 1.94 bits per heavy atom. The minimum absolute atomic E-state index is 0.359. The zero-order valence-electron chi connectivity index (χ0n) is 11.6. The third-order valence-corrected chi connectivity index (χ3v) is 3.15. The molecule has 0 spiro atoms. The molecule has 0 bridgehead atoms. The first kappa shape index (κ1) is 13.0. The van der Waals surface area contributed by atoms with Gasteiger partial charge in [-0.1, -0.05) is 19.9 Å². The van der Waals surface area contributed by atoms with Crippen LogP contribution in [0.15, 0.2) is 24.3 Å². The number of hydrogen-bond acceptors (Lipinski definition) is 2. The first-order valence-electron chi connectivity index (χ1n) is 6.56. The van der Waals surface area contributed by atoms with E-state index in [1.54, 1.807) is 6.07 Å². The number of benzene rings is 1. The normalized spacial score (nSPS) is 11.9. The Morgan fingerprint density at radius 1 is 1.22 bits per heavy atom. The van der Waals surface area contributed by atoms with Gasteiger partial charge in [0.1, 0.15) is 5.75 Å². The van der Waals surface area contributed by atoms with Gasteiger partial charge in [-0.05, 0) is 32.0 Å². The van der Waals surface area contributed by atoms with E-state index in [0.29, 0.717) is 17.8 Å². The Hall–Kier alpha value is -1.48. The fraction of sp³-hybridized carbons (Fsp3) is 0.467. The van der Waals surface area contributed by atoms with E-state index in [9.17, 15) is 5.11 Å². The van der Waals surface area contributed by atoms with Crippen LogP contribution in [0.2, 0.25) is 0 Å². The highest BCUT2D eigenvalue weighted by atomic mass is 16.3. The third kappa shape index (κ3) is 2.36. The van der Waals surface area contributed by atoms with Gasteiger partial charge in [0.25, 0.3) is 0 Å². The van der Waals surface area contributed by atoms with E-state index in [1.165, 1.54) is 5.69 Å². The Balaban J connectivity index is 2.51. The van der Waals surface area contributed by atoms with E-state index >= 15 is 0 Å². The summed E-state index contributed by atoms with van der Waals surface area (Å²) < 4.78 is 2.28. The first-order chi connectivity index (χ1) is 8.50. The molecule has 3 nitrogen and oxygen atoms in total. The van der Waals surface area contributed by atoms with Crippen molar-refractivity contribution in [3.63, 3.8) is 0 Å². The van der Waals surface area contributed by atoms with E-state index in [-0.39, 0.29) is 0 Å². The Labute approximate surface area is 108 Å². The average molecular weight is 246 g/mol. The maximum atomic E-state index is 9.93. The molecule has 1 heterocycles. The summed E-state index contributed by atoms with van der Waals surface area (Å²) in [6, 6.07) is 8.63. The van der Waals surface area contributed by atoms with E-state index < -0.39 is 0 Å². The zero-order valence-corrected chi connectivity index (χ0v) is 11.6. The van der Waals surface area contributed by atoms with Gasteiger partial charge in [0, 0.05) is 29.7 Å². The van der Waals surface area contributed by atoms with E-state index in [0.717, 1.165) is 17.4 Å². The monoisotopic (exact) mass is 246 g/mol. The largest absolute Gasteiger partial charge is 0.507 e. The Kier molecular flexibility index (Phi) is 3.62. The minimum atomic E-state index is 0.359. The number of aromatic nitrogens is 1. The molecule has 2 rings (SSSR count). The molecule has 2 N–H and O–H groups in total. The molecule has 0 aliphatic carbocycles. The summed E-state index contributed by atoms with van der Waals surface area (Å²) in [6.45, 7) is 9.44. The highest BCUT2D eigenvalue weighted by Crippen LogP contribution is 2.30. The summed E-state index contributed by atoms with van der Waals surface area (Å²) in [5.41, 5.74) is 2.32. The summed E-state index contributed by atoms with van der Waals surface area (Å²) in [5, 5.41) is 14.3. The van der Waals surface area contributed by atoms with Gasteiger partial charge in [-0.2, -0.15) is 0 Å². The highest BCUT2D eigenvalue weighted by Gasteiger charge is 2.13. The molecule has 0 saturated heterocycles. The maximum absolute atomic E-state index is 9.93. The van der Waals surface area contributed by atoms with E-state index in [2.05, 4.69) is 49.7 Å². The fourth-order valence-electron chi connectivity index (χ4n) is 2.34. The van der Waals surface area contributed by atoms with Gasteiger partial charge in [0.2, 0.25) is 0 Å². The lowest BCUT2D eigenvalue weighted by molar-refractivity contribution is 0.481. The van der Waals surface area contributed by atoms with Gasteiger partial charge in [0.15, 0.2) is 0 Å². The van der Waals surface area contributed by atoms with Crippen LogP contribution in [-0.2, 0) is 6.54 Å². The van der Waals surface area contributed by atoms with E-state index in [1.807, 2.05) is 6.07 Å². The van der Waals surface area contributed by atoms with Crippen molar-refractivity contribution in [3.05, 3.63) is 30.0 Å². The lowest BCUT2D eigenvalue weighted by Gasteiger charge is -2.16. The topological polar surface area (TPSA) is 37.2 Å². The highest BCUT2D eigenvalue weighted by molar-refractivity contribution is 5.87. The molecular weight excluding hydrogens is 224 g/mol. The molecule has 0 saturated carbocycles. The van der Waals surface area contributed by atoms with Crippen LogP contribution < -0.4 is 5.32 Å². The Morgan fingerprint density at radius 3 is 2.56 bits per heavy atom. The van der Waals surface area contributed by atoms with Gasteiger partial charge in [-0.15, -0.1) is 0 Å². The van der Waals surface area contributed by atoms with Crippen LogP contribution in [0, 0.1) is 0 Å². The number of fused-ring (bicyclic) bond motifs is 1. The summed E-state index contributed by atoms with van der Waals surface area (Å²) in [4.78, 5) is 0. The second-order valence-electron chi connectivity index (χ2n) is 5.34. The van der Waals surface area contributed by atoms with Crippen molar-refractivity contribution in [2.45, 2.75) is 46.3 Å². The molecule has 98 valence electrons. The maximum Gasteiger partial charge on any atom is 0.124 e. The molecule has 0 unspecified atom stereocenters. The predicted octanol–water partition coefficient (Wildman–Crippen LogP) is 3.43. The molecule has 18 heavy (non-hydrogen) atoms. The number of phenolic OH excluding ortho intramolecular Hbond substituents is 1. The van der Waals surface area contributed by atoms with Crippen LogP contribution in [0.3, 0.4) is 0 Å². The number of aromatic hydroxyl groups is 1. The van der Waals surface area contributed by atoms with Crippen molar-refractivity contribution in [3.8, 4) is 5.75 Å². The van der Waals surface area contributed by atoms with E-state index in [4.69, 9.17) is 0 Å². The Bertz CT molecular complexity index is 541. The standard InChI is InChI=1S/C15H22N2O/c1-10(2)16-9-12-8-13-14(17(12)11(3)4)6-5-7-15(13)18/h5-8,10-11,16,18H,9H2,1-4H3. The molecular formula is C15H22N2O. The molecule has 0 aliphatic rings. The van der Waals surface area contributed by atoms with Gasteiger partial charge in [-0.25, -0.2) is 0 Å². The SMILES string of the molecule is CC(C)NCc1cc2c(O)cccc2n1C(C)C. The number of nitrogens with one attached hydrogen (secondary N) is 1. The number of rotatable bonds is 4. The lowest BCUT2D eigenvalue weighted by Crippen LogP contribution is -2.23. The minimum Gasteiger partial charge on any atom is -0.507 e. The summed E-state index contributed by atoms with van der Waals surface area (Å²) in [5.74, 6) is 0.359. The second-order valence-corrected chi connectivity index (χ2v) is 5.34. The van der Waals surface area contributed by atoms with Crippen molar-refractivity contribution in [2.75, 3.05) is 0 Å². The number of phenols is 1. The summed E-state index contributed by atoms with van der Waals surface area (Å²) >= 11 is 0. The number of nitrogens with zero attached hydrogens (tertiary/aromatic N) is 1. The number of hydrogen-bond donors (Lipinski definition) is 2. The van der Waals surface area contributed by atoms with Crippen molar-refractivity contribution >= 4 is 10.9 Å². The average Bonchev–Trinajstić information content (AvgIpc) is 2.66. The quantitative estimate of drug-likeness (QED) is 0.867. The van der Waals surface area contributed by atoms with Crippen LogP contribution in [-0.4, -0.2) is 15.7 Å². The lowest BCUT2D eigenvalue weighted by atomic mass is 10.2. The van der Waals surface area contributed by atoms with Gasteiger partial charge < -0.3 is 15.0 Å². The smallest absolute Gasteiger partial charge is 0.124 e. The van der Waals surface area contributed by atoms with Crippen molar-refractivity contribution in [2.24, 2.45) is 0 Å². The predicted molar refractivity (Wildman–Crippen MR) is 76.0 cm³/mol. The fourth-order valence-corrected chi connectivity index (χ4v) is 2.34. The van der Waals surface area contributed by atoms with Crippen molar-refractivity contribution < 1.29 is 5.11 Å². The summed E-state index contributed by atoms with van der Waals surface area (Å²) in [7, 11) is 0. The van der Waals surface area contributed by atoms with Gasteiger partial charge >= 0.3 is 0 Å². The first-order valence-corrected chi connectivity index (χ1v) is 6.56. The van der Waals surface area contributed by atoms with Gasteiger partial charge in [0.05, 0.1) is 5.52 Å². The molecule has 1 aromatic heterocycles. The second kappa shape index (κ2) is 5.02. The molecule has 0 amide bonds. The van der Waals surface area contributed by atoms with Crippen molar-refractivity contribution in [1.82, 2.24) is 9.88 Å². The third-order valence-electron chi connectivity index (χ3n) is 3.15. The van der Waals surface area contributed by atoms with Crippen LogP contribution in [0.4, 0.5) is 0 Å². The molecule has 0 atom stereocenters. The van der Waals surface area contributed by atoms with Crippen LogP contribution in [0.25, 0.3) is 10.9 Å². The van der Waals surface area contributed by atoms with Crippen LogP contribution >= 0.6 is 0 Å². The zero-order chi connectivity index (χ0) is 13.3. The summed E-state index contributed by atoms with van der Waals surface area (Å²) in [6.07, 6.45) is 0.